The first-order chi connectivity index (χ1) is 13.2. The highest BCUT2D eigenvalue weighted by Gasteiger charge is 2.29. The van der Waals surface area contributed by atoms with Crippen molar-refractivity contribution in [3.8, 4) is 5.75 Å². The molecule has 0 N–H and O–H groups in total. The Kier molecular flexibility index (Phi) is 5.30. The van der Waals surface area contributed by atoms with Crippen molar-refractivity contribution in [3.05, 3.63) is 89.2 Å². The molecule has 1 aliphatic rings. The zero-order valence-electron chi connectivity index (χ0n) is 16.3. The Morgan fingerprint density at radius 1 is 1.00 bits per heavy atom. The second-order valence-electron chi connectivity index (χ2n) is 7.54. The van der Waals surface area contributed by atoms with Crippen molar-refractivity contribution in [1.29, 1.82) is 0 Å². The van der Waals surface area contributed by atoms with E-state index >= 15 is 0 Å². The molecule has 3 aromatic rings. The lowest BCUT2D eigenvalue weighted by molar-refractivity contribution is 0.239. The summed E-state index contributed by atoms with van der Waals surface area (Å²) in [6.07, 6.45) is 4.82. The molecule has 1 aliphatic carbocycles. The van der Waals surface area contributed by atoms with Crippen LogP contribution in [0.2, 0.25) is 0 Å². The van der Waals surface area contributed by atoms with Crippen LogP contribution < -0.4 is 4.74 Å². The molecule has 0 saturated heterocycles. The van der Waals surface area contributed by atoms with Gasteiger partial charge in [-0.05, 0) is 60.7 Å². The number of aryl methyl sites for hydroxylation is 1. The fourth-order valence-corrected chi connectivity index (χ4v) is 3.69. The maximum absolute atomic E-state index is 5.39. The number of benzene rings is 2. The number of rotatable bonds is 8. The smallest absolute Gasteiger partial charge is 0.119 e. The number of aromatic nitrogens is 1. The van der Waals surface area contributed by atoms with Crippen molar-refractivity contribution in [2.75, 3.05) is 7.11 Å². The Bertz CT molecular complexity index is 895. The van der Waals surface area contributed by atoms with Gasteiger partial charge in [0.1, 0.15) is 5.75 Å². The molecule has 0 unspecified atom stereocenters. The topological polar surface area (TPSA) is 17.4 Å². The Morgan fingerprint density at radius 2 is 1.85 bits per heavy atom. The second kappa shape index (κ2) is 8.01. The molecule has 1 heterocycles. The molecule has 1 fully saturated rings. The minimum atomic E-state index is 0.706. The van der Waals surface area contributed by atoms with Gasteiger partial charge in [-0.1, -0.05) is 36.4 Å². The van der Waals surface area contributed by atoms with Gasteiger partial charge in [0, 0.05) is 37.6 Å². The van der Waals surface area contributed by atoms with Gasteiger partial charge in [0.2, 0.25) is 0 Å². The highest BCUT2D eigenvalue weighted by atomic mass is 16.5. The standard InChI is InChI=1S/C24H28N2O/c1-19-7-3-4-9-21(19)17-25-14-6-10-23(25)18-26(22-12-13-22)16-20-8-5-11-24(15-20)27-2/h3-11,14-15,22H,12-13,16-18H2,1-2H3. The average Bonchev–Trinajstić information content (AvgIpc) is 3.45. The lowest BCUT2D eigenvalue weighted by Crippen LogP contribution is -2.26. The number of ether oxygens (including phenoxy) is 1. The summed E-state index contributed by atoms with van der Waals surface area (Å²) in [6, 6.07) is 22.3. The van der Waals surface area contributed by atoms with Gasteiger partial charge in [0.05, 0.1) is 7.11 Å². The van der Waals surface area contributed by atoms with Crippen LogP contribution in [0.4, 0.5) is 0 Å². The third kappa shape index (κ3) is 4.42. The van der Waals surface area contributed by atoms with E-state index in [4.69, 9.17) is 4.74 Å². The lowest BCUT2D eigenvalue weighted by atomic mass is 10.1. The first-order valence-corrected chi connectivity index (χ1v) is 9.78. The minimum absolute atomic E-state index is 0.706. The van der Waals surface area contributed by atoms with E-state index in [0.717, 1.165) is 25.4 Å². The van der Waals surface area contributed by atoms with Crippen molar-refractivity contribution in [2.24, 2.45) is 0 Å². The fraction of sp³-hybridized carbons (Fsp3) is 0.333. The van der Waals surface area contributed by atoms with Gasteiger partial charge < -0.3 is 9.30 Å². The van der Waals surface area contributed by atoms with Gasteiger partial charge in [0.25, 0.3) is 0 Å². The van der Waals surface area contributed by atoms with Gasteiger partial charge in [-0.2, -0.15) is 0 Å². The molecule has 27 heavy (non-hydrogen) atoms. The summed E-state index contributed by atoms with van der Waals surface area (Å²) in [4.78, 5) is 2.61. The van der Waals surface area contributed by atoms with Gasteiger partial charge in [0.15, 0.2) is 0 Å². The Balaban J connectivity index is 1.50. The molecule has 0 bridgehead atoms. The molecule has 140 valence electrons. The zero-order valence-corrected chi connectivity index (χ0v) is 16.3. The van der Waals surface area contributed by atoms with Crippen molar-refractivity contribution < 1.29 is 4.74 Å². The Morgan fingerprint density at radius 3 is 2.63 bits per heavy atom. The summed E-state index contributed by atoms with van der Waals surface area (Å²) in [6.45, 7) is 5.09. The molecular weight excluding hydrogens is 332 g/mol. The monoisotopic (exact) mass is 360 g/mol. The summed E-state index contributed by atoms with van der Waals surface area (Å²) in [5, 5.41) is 0. The van der Waals surface area contributed by atoms with Crippen molar-refractivity contribution in [3.63, 3.8) is 0 Å². The largest absolute Gasteiger partial charge is 0.497 e. The van der Waals surface area contributed by atoms with Gasteiger partial charge in [-0.3, -0.25) is 4.90 Å². The summed E-state index contributed by atoms with van der Waals surface area (Å²) in [7, 11) is 1.73. The number of hydrogen-bond acceptors (Lipinski definition) is 2. The van der Waals surface area contributed by atoms with E-state index in [9.17, 15) is 0 Å². The fourth-order valence-electron chi connectivity index (χ4n) is 3.69. The third-order valence-corrected chi connectivity index (χ3v) is 5.47. The van der Waals surface area contributed by atoms with Crippen molar-refractivity contribution in [2.45, 2.75) is 45.4 Å². The predicted octanol–water partition coefficient (Wildman–Crippen LogP) is 5.02. The molecule has 1 aromatic heterocycles. The van der Waals surface area contributed by atoms with Gasteiger partial charge in [-0.25, -0.2) is 0 Å². The van der Waals surface area contributed by atoms with E-state index < -0.39 is 0 Å². The van der Waals surface area contributed by atoms with Crippen LogP contribution in [0, 0.1) is 6.92 Å². The van der Waals surface area contributed by atoms with Crippen LogP contribution in [0.5, 0.6) is 5.75 Å². The maximum atomic E-state index is 5.39. The summed E-state index contributed by atoms with van der Waals surface area (Å²) < 4.78 is 7.78. The van der Waals surface area contributed by atoms with Gasteiger partial charge >= 0.3 is 0 Å². The number of nitrogens with zero attached hydrogens (tertiary/aromatic N) is 2. The van der Waals surface area contributed by atoms with Crippen LogP contribution >= 0.6 is 0 Å². The normalized spacial score (nSPS) is 13.9. The molecule has 2 aromatic carbocycles. The Hall–Kier alpha value is -2.52. The number of hydrogen-bond donors (Lipinski definition) is 0. The SMILES string of the molecule is COc1cccc(CN(Cc2cccn2Cc2ccccc2C)C2CC2)c1. The molecule has 4 rings (SSSR count). The zero-order chi connectivity index (χ0) is 18.6. The molecule has 0 radical (unpaired) electrons. The van der Waals surface area contributed by atoms with Crippen LogP contribution in [0.15, 0.2) is 66.9 Å². The molecule has 0 spiro atoms. The van der Waals surface area contributed by atoms with Crippen LogP contribution in [0.25, 0.3) is 0 Å². The van der Waals surface area contributed by atoms with E-state index in [0.29, 0.717) is 6.04 Å². The molecular formula is C24H28N2O. The van der Waals surface area contributed by atoms with Gasteiger partial charge in [-0.15, -0.1) is 0 Å². The van der Waals surface area contributed by atoms with Crippen molar-refractivity contribution in [1.82, 2.24) is 9.47 Å². The van der Waals surface area contributed by atoms with E-state index in [1.54, 1.807) is 7.11 Å². The summed E-state index contributed by atoms with van der Waals surface area (Å²) in [5.74, 6) is 0.936. The van der Waals surface area contributed by atoms with E-state index in [-0.39, 0.29) is 0 Å². The third-order valence-electron chi connectivity index (χ3n) is 5.47. The predicted molar refractivity (Wildman–Crippen MR) is 110 cm³/mol. The van der Waals surface area contributed by atoms with Crippen LogP contribution in [0.1, 0.15) is 35.2 Å². The first-order valence-electron chi connectivity index (χ1n) is 9.78. The molecule has 0 aliphatic heterocycles. The lowest BCUT2D eigenvalue weighted by Gasteiger charge is -2.23. The first kappa shape index (κ1) is 17.9. The number of methoxy groups -OCH3 is 1. The summed E-state index contributed by atoms with van der Waals surface area (Å²) in [5.41, 5.74) is 5.44. The average molecular weight is 361 g/mol. The quantitative estimate of drug-likeness (QED) is 0.561. The van der Waals surface area contributed by atoms with E-state index in [2.05, 4.69) is 77.2 Å². The van der Waals surface area contributed by atoms with Crippen LogP contribution in [0.3, 0.4) is 0 Å². The molecule has 3 nitrogen and oxygen atoms in total. The maximum Gasteiger partial charge on any atom is 0.119 e. The highest BCUT2D eigenvalue weighted by molar-refractivity contribution is 5.29. The summed E-state index contributed by atoms with van der Waals surface area (Å²) >= 11 is 0. The van der Waals surface area contributed by atoms with Crippen LogP contribution in [-0.2, 0) is 19.6 Å². The molecule has 0 amide bonds. The molecule has 1 saturated carbocycles. The Labute approximate surface area is 162 Å². The van der Waals surface area contributed by atoms with E-state index in [1.165, 1.54) is 35.2 Å². The minimum Gasteiger partial charge on any atom is -0.497 e. The van der Waals surface area contributed by atoms with Crippen molar-refractivity contribution >= 4 is 0 Å². The van der Waals surface area contributed by atoms with Crippen LogP contribution in [-0.4, -0.2) is 22.6 Å². The molecule has 0 atom stereocenters. The molecule has 3 heteroatoms. The van der Waals surface area contributed by atoms with E-state index in [1.807, 2.05) is 6.07 Å². The highest BCUT2D eigenvalue weighted by Crippen LogP contribution is 2.30. The second-order valence-corrected chi connectivity index (χ2v) is 7.54.